The van der Waals surface area contributed by atoms with Crippen molar-refractivity contribution in [2.24, 2.45) is 0 Å². The molecule has 4 rings (SSSR count). The maximum Gasteiger partial charge on any atom is 0.258 e. The van der Waals surface area contributed by atoms with Crippen LogP contribution in [0.4, 0.5) is 5.69 Å². The minimum atomic E-state index is -0.0631. The fraction of sp³-hybridized carbons (Fsp3) is 0.0909. The van der Waals surface area contributed by atoms with Crippen LogP contribution in [0.2, 0.25) is 0 Å². The molecule has 26 heavy (non-hydrogen) atoms. The van der Waals surface area contributed by atoms with E-state index in [9.17, 15) is 4.79 Å². The molecular weight excluding hydrogens is 322 g/mol. The Bertz CT molecular complexity index is 1120. The van der Waals surface area contributed by atoms with Crippen molar-refractivity contribution in [3.8, 4) is 11.1 Å². The predicted octanol–water partition coefficient (Wildman–Crippen LogP) is 4.28. The molecule has 2 aromatic carbocycles. The Balaban J connectivity index is 1.63. The molecule has 4 heteroatoms. The van der Waals surface area contributed by atoms with Crippen LogP contribution in [-0.4, -0.2) is 9.38 Å². The highest BCUT2D eigenvalue weighted by molar-refractivity contribution is 5.77. The lowest BCUT2D eigenvalue weighted by Crippen LogP contribution is -2.17. The van der Waals surface area contributed by atoms with E-state index in [-0.39, 0.29) is 5.56 Å². The molecule has 0 aliphatic heterocycles. The van der Waals surface area contributed by atoms with E-state index in [1.807, 2.05) is 61.7 Å². The molecule has 0 aliphatic rings. The average Bonchev–Trinajstić information content (AvgIpc) is 2.68. The number of aromatic nitrogens is 2. The number of aryl methyl sites for hydroxylation is 1. The van der Waals surface area contributed by atoms with Crippen molar-refractivity contribution >= 4 is 11.3 Å². The molecule has 0 saturated heterocycles. The van der Waals surface area contributed by atoms with E-state index in [4.69, 9.17) is 0 Å². The number of fused-ring (bicyclic) bond motifs is 1. The fourth-order valence-corrected chi connectivity index (χ4v) is 3.04. The number of rotatable bonds is 4. The Morgan fingerprint density at radius 2 is 1.73 bits per heavy atom. The second-order valence-electron chi connectivity index (χ2n) is 6.29. The first-order valence-electron chi connectivity index (χ1n) is 8.58. The summed E-state index contributed by atoms with van der Waals surface area (Å²) in [4.78, 5) is 16.9. The first kappa shape index (κ1) is 16.1. The summed E-state index contributed by atoms with van der Waals surface area (Å²) < 4.78 is 1.58. The highest BCUT2D eigenvalue weighted by atomic mass is 16.1. The van der Waals surface area contributed by atoms with Gasteiger partial charge >= 0.3 is 0 Å². The first-order valence-corrected chi connectivity index (χ1v) is 8.58. The van der Waals surface area contributed by atoms with Crippen LogP contribution >= 0.6 is 0 Å². The van der Waals surface area contributed by atoms with Gasteiger partial charge in [0.05, 0.1) is 12.2 Å². The summed E-state index contributed by atoms with van der Waals surface area (Å²) in [5.41, 5.74) is 5.65. The SMILES string of the molecule is Cc1ccc2nc(CNc3ccccc3-c3ccccc3)cc(=O)n2c1. The molecule has 0 radical (unpaired) electrons. The van der Waals surface area contributed by atoms with Crippen molar-refractivity contribution in [2.75, 3.05) is 5.32 Å². The summed E-state index contributed by atoms with van der Waals surface area (Å²) in [7, 11) is 0. The standard InChI is InChI=1S/C22H19N3O/c1-16-11-12-21-24-18(13-22(26)25(21)15-16)14-23-20-10-6-5-9-19(20)17-7-3-2-4-8-17/h2-13,15,23H,14H2,1H3. The molecule has 0 spiro atoms. The van der Waals surface area contributed by atoms with E-state index in [0.29, 0.717) is 12.2 Å². The van der Waals surface area contributed by atoms with E-state index < -0.39 is 0 Å². The number of nitrogens with zero attached hydrogens (tertiary/aromatic N) is 2. The molecular formula is C22H19N3O. The maximum absolute atomic E-state index is 12.3. The van der Waals surface area contributed by atoms with Crippen molar-refractivity contribution < 1.29 is 0 Å². The van der Waals surface area contributed by atoms with Crippen LogP contribution in [-0.2, 0) is 6.54 Å². The van der Waals surface area contributed by atoms with Gasteiger partial charge in [0.2, 0.25) is 0 Å². The summed E-state index contributed by atoms with van der Waals surface area (Å²) in [6.07, 6.45) is 1.81. The summed E-state index contributed by atoms with van der Waals surface area (Å²) in [6, 6.07) is 23.8. The Hall–Kier alpha value is -3.40. The number of benzene rings is 2. The molecule has 0 unspecified atom stereocenters. The van der Waals surface area contributed by atoms with Gasteiger partial charge in [-0.3, -0.25) is 9.20 Å². The van der Waals surface area contributed by atoms with Gasteiger partial charge in [-0.15, -0.1) is 0 Å². The third-order valence-corrected chi connectivity index (χ3v) is 4.33. The molecule has 4 aromatic rings. The molecule has 4 nitrogen and oxygen atoms in total. The Morgan fingerprint density at radius 3 is 2.58 bits per heavy atom. The lowest BCUT2D eigenvalue weighted by molar-refractivity contribution is 0.965. The predicted molar refractivity (Wildman–Crippen MR) is 105 cm³/mol. The molecule has 1 N–H and O–H groups in total. The average molecular weight is 341 g/mol. The lowest BCUT2D eigenvalue weighted by Gasteiger charge is -2.12. The Kier molecular flexibility index (Phi) is 4.23. The van der Waals surface area contributed by atoms with E-state index in [0.717, 1.165) is 28.1 Å². The smallest absolute Gasteiger partial charge is 0.258 e. The van der Waals surface area contributed by atoms with Gasteiger partial charge < -0.3 is 5.32 Å². The van der Waals surface area contributed by atoms with Crippen molar-refractivity contribution in [1.82, 2.24) is 9.38 Å². The van der Waals surface area contributed by atoms with Gasteiger partial charge in [-0.2, -0.15) is 0 Å². The molecule has 2 aromatic heterocycles. The summed E-state index contributed by atoms with van der Waals surface area (Å²) >= 11 is 0. The highest BCUT2D eigenvalue weighted by Crippen LogP contribution is 2.27. The van der Waals surface area contributed by atoms with Crippen molar-refractivity contribution in [1.29, 1.82) is 0 Å². The molecule has 0 saturated carbocycles. The number of nitrogens with one attached hydrogen (secondary N) is 1. The zero-order chi connectivity index (χ0) is 17.9. The van der Waals surface area contributed by atoms with Gasteiger partial charge in [0, 0.05) is 23.5 Å². The zero-order valence-corrected chi connectivity index (χ0v) is 14.5. The van der Waals surface area contributed by atoms with Crippen LogP contribution in [0.1, 0.15) is 11.3 Å². The fourth-order valence-electron chi connectivity index (χ4n) is 3.04. The van der Waals surface area contributed by atoms with Crippen molar-refractivity contribution in [3.63, 3.8) is 0 Å². The van der Waals surface area contributed by atoms with E-state index in [2.05, 4.69) is 28.5 Å². The van der Waals surface area contributed by atoms with Crippen LogP contribution in [0.25, 0.3) is 16.8 Å². The normalized spacial score (nSPS) is 10.8. The lowest BCUT2D eigenvalue weighted by atomic mass is 10.0. The van der Waals surface area contributed by atoms with Crippen LogP contribution in [0, 0.1) is 6.92 Å². The maximum atomic E-state index is 12.3. The van der Waals surface area contributed by atoms with Gasteiger partial charge in [0.15, 0.2) is 0 Å². The first-order chi connectivity index (χ1) is 12.7. The summed E-state index contributed by atoms with van der Waals surface area (Å²) in [6.45, 7) is 2.45. The second-order valence-corrected chi connectivity index (χ2v) is 6.29. The molecule has 0 fully saturated rings. The quantitative estimate of drug-likeness (QED) is 0.602. The van der Waals surface area contributed by atoms with E-state index in [1.165, 1.54) is 0 Å². The Morgan fingerprint density at radius 1 is 0.962 bits per heavy atom. The van der Waals surface area contributed by atoms with Gasteiger partial charge in [0.1, 0.15) is 5.65 Å². The number of hydrogen-bond donors (Lipinski definition) is 1. The molecule has 0 aliphatic carbocycles. The Labute approximate surface area is 151 Å². The van der Waals surface area contributed by atoms with Crippen LogP contribution in [0.15, 0.2) is 83.8 Å². The van der Waals surface area contributed by atoms with Gasteiger partial charge in [-0.1, -0.05) is 54.6 Å². The zero-order valence-electron chi connectivity index (χ0n) is 14.5. The third kappa shape index (κ3) is 3.22. The molecule has 2 heterocycles. The van der Waals surface area contributed by atoms with Gasteiger partial charge in [-0.05, 0) is 30.2 Å². The number of para-hydroxylation sites is 1. The van der Waals surface area contributed by atoms with Gasteiger partial charge in [0.25, 0.3) is 5.56 Å². The molecule has 0 atom stereocenters. The van der Waals surface area contributed by atoms with E-state index in [1.54, 1.807) is 10.5 Å². The van der Waals surface area contributed by atoms with Crippen molar-refractivity contribution in [3.05, 3.63) is 101 Å². The molecule has 128 valence electrons. The number of pyridine rings is 1. The second kappa shape index (κ2) is 6.84. The molecule has 0 amide bonds. The largest absolute Gasteiger partial charge is 0.379 e. The minimum Gasteiger partial charge on any atom is -0.379 e. The number of hydrogen-bond acceptors (Lipinski definition) is 3. The monoisotopic (exact) mass is 341 g/mol. The van der Waals surface area contributed by atoms with Crippen LogP contribution < -0.4 is 10.9 Å². The van der Waals surface area contributed by atoms with E-state index >= 15 is 0 Å². The number of anilines is 1. The third-order valence-electron chi connectivity index (χ3n) is 4.33. The topological polar surface area (TPSA) is 46.4 Å². The summed E-state index contributed by atoms with van der Waals surface area (Å²) in [5, 5.41) is 3.42. The summed E-state index contributed by atoms with van der Waals surface area (Å²) in [5.74, 6) is 0. The highest BCUT2D eigenvalue weighted by Gasteiger charge is 2.06. The minimum absolute atomic E-state index is 0.0631. The van der Waals surface area contributed by atoms with Crippen molar-refractivity contribution in [2.45, 2.75) is 13.5 Å². The van der Waals surface area contributed by atoms with Crippen LogP contribution in [0.5, 0.6) is 0 Å². The molecule has 0 bridgehead atoms. The van der Waals surface area contributed by atoms with Crippen LogP contribution in [0.3, 0.4) is 0 Å². The van der Waals surface area contributed by atoms with Gasteiger partial charge in [-0.25, -0.2) is 4.98 Å².